The summed E-state index contributed by atoms with van der Waals surface area (Å²) >= 11 is 8.34. The first-order valence-electron chi connectivity index (χ1n) is 3.79. The first-order valence-corrected chi connectivity index (χ1v) is 5.01. The van der Waals surface area contributed by atoms with E-state index in [1.807, 2.05) is 0 Å². The van der Waals surface area contributed by atoms with Gasteiger partial charge < -0.3 is 5.32 Å². The van der Waals surface area contributed by atoms with Gasteiger partial charge >= 0.3 is 0 Å². The lowest BCUT2D eigenvalue weighted by molar-refractivity contribution is 0.584. The van der Waals surface area contributed by atoms with E-state index in [1.165, 1.54) is 11.6 Å². The average molecular weight is 283 g/mol. The van der Waals surface area contributed by atoms with E-state index in [0.29, 0.717) is 11.0 Å². The number of nitrogens with one attached hydrogen (secondary N) is 1. The van der Waals surface area contributed by atoms with E-state index in [4.69, 9.17) is 11.6 Å². The molecule has 0 aliphatic carbocycles. The molecule has 14 heavy (non-hydrogen) atoms. The molecule has 0 fully saturated rings. The summed E-state index contributed by atoms with van der Waals surface area (Å²) in [5.74, 6) is -1.26. The molecule has 1 N–H and O–H groups in total. The van der Waals surface area contributed by atoms with Crippen LogP contribution in [0.4, 0.5) is 14.5 Å². The van der Waals surface area contributed by atoms with Gasteiger partial charge in [-0.1, -0.05) is 17.7 Å². The van der Waals surface area contributed by atoms with E-state index in [9.17, 15) is 8.78 Å². The third kappa shape index (κ3) is 2.96. The molecule has 5 heteroatoms. The van der Waals surface area contributed by atoms with Crippen molar-refractivity contribution < 1.29 is 8.78 Å². The largest absolute Gasteiger partial charge is 0.378 e. The van der Waals surface area contributed by atoms with Gasteiger partial charge in [-0.2, -0.15) is 0 Å². The van der Waals surface area contributed by atoms with Gasteiger partial charge in [0, 0.05) is 22.6 Å². The Morgan fingerprint density at radius 2 is 2.14 bits per heavy atom. The fourth-order valence-electron chi connectivity index (χ4n) is 0.917. The van der Waals surface area contributed by atoms with Crippen LogP contribution in [0.1, 0.15) is 0 Å². The zero-order valence-corrected chi connectivity index (χ0v) is 9.37. The van der Waals surface area contributed by atoms with Crippen LogP contribution >= 0.6 is 27.5 Å². The second-order valence-electron chi connectivity index (χ2n) is 2.49. The molecule has 0 amide bonds. The summed E-state index contributed by atoms with van der Waals surface area (Å²) in [4.78, 5) is 0. The third-order valence-electron chi connectivity index (χ3n) is 1.49. The summed E-state index contributed by atoms with van der Waals surface area (Å²) in [5, 5.41) is 2.75. The molecule has 76 valence electrons. The van der Waals surface area contributed by atoms with Crippen LogP contribution in [0.15, 0.2) is 28.2 Å². The smallest absolute Gasteiger partial charge is 0.150 e. The standard InChI is InChI=1S/C9H7BrClF2N/c10-7-4-6(12)5-8(13)9(7)14-3-1-2-11/h1-2,4-5,14H,3H2/b2-1+. The molecule has 0 aliphatic heterocycles. The van der Waals surface area contributed by atoms with Gasteiger partial charge in [0.05, 0.1) is 5.69 Å². The quantitative estimate of drug-likeness (QED) is 0.887. The lowest BCUT2D eigenvalue weighted by Gasteiger charge is -2.07. The third-order valence-corrected chi connectivity index (χ3v) is 2.30. The van der Waals surface area contributed by atoms with Gasteiger partial charge in [0.2, 0.25) is 0 Å². The summed E-state index contributed by atoms with van der Waals surface area (Å²) < 4.78 is 26.2. The minimum Gasteiger partial charge on any atom is -0.378 e. The van der Waals surface area contributed by atoms with Crippen molar-refractivity contribution in [3.63, 3.8) is 0 Å². The summed E-state index contributed by atoms with van der Waals surface area (Å²) in [6.07, 6.45) is 1.61. The number of anilines is 1. The van der Waals surface area contributed by atoms with Crippen molar-refractivity contribution in [3.05, 3.63) is 39.9 Å². The summed E-state index contributed by atoms with van der Waals surface area (Å²) in [6.45, 7) is 0.380. The summed E-state index contributed by atoms with van der Waals surface area (Å²) in [6, 6.07) is 2.01. The number of rotatable bonds is 3. The van der Waals surface area contributed by atoms with Crippen LogP contribution in [0.3, 0.4) is 0 Å². The van der Waals surface area contributed by atoms with E-state index in [2.05, 4.69) is 21.2 Å². The van der Waals surface area contributed by atoms with Gasteiger partial charge in [-0.25, -0.2) is 8.78 Å². The lowest BCUT2D eigenvalue weighted by atomic mass is 10.3. The van der Waals surface area contributed by atoms with Crippen LogP contribution in [0.5, 0.6) is 0 Å². The highest BCUT2D eigenvalue weighted by molar-refractivity contribution is 9.10. The Bertz CT molecular complexity index is 332. The van der Waals surface area contributed by atoms with Crippen molar-refractivity contribution in [1.82, 2.24) is 0 Å². The van der Waals surface area contributed by atoms with Crippen LogP contribution in [0, 0.1) is 11.6 Å². The highest BCUT2D eigenvalue weighted by Crippen LogP contribution is 2.26. The number of benzene rings is 1. The second kappa shape index (κ2) is 5.32. The van der Waals surface area contributed by atoms with Crippen LogP contribution in [0.25, 0.3) is 0 Å². The van der Waals surface area contributed by atoms with E-state index in [1.54, 1.807) is 6.08 Å². The SMILES string of the molecule is Fc1cc(F)c(NC/C=C/Cl)c(Br)c1. The monoisotopic (exact) mass is 281 g/mol. The van der Waals surface area contributed by atoms with Crippen molar-refractivity contribution in [2.75, 3.05) is 11.9 Å². The fourth-order valence-corrected chi connectivity index (χ4v) is 1.55. The predicted octanol–water partition coefficient (Wildman–Crippen LogP) is 3.89. The zero-order valence-electron chi connectivity index (χ0n) is 7.03. The van der Waals surface area contributed by atoms with Crippen molar-refractivity contribution in [2.45, 2.75) is 0 Å². The predicted molar refractivity (Wildman–Crippen MR) is 57.5 cm³/mol. The van der Waals surface area contributed by atoms with E-state index >= 15 is 0 Å². The van der Waals surface area contributed by atoms with Gasteiger partial charge in [-0.3, -0.25) is 0 Å². The van der Waals surface area contributed by atoms with Crippen molar-refractivity contribution in [2.24, 2.45) is 0 Å². The molecule has 1 aromatic rings. The Hall–Kier alpha value is -0.610. The van der Waals surface area contributed by atoms with Gasteiger partial charge in [-0.15, -0.1) is 0 Å². The normalized spacial score (nSPS) is 10.9. The maximum atomic E-state index is 13.1. The number of hydrogen-bond donors (Lipinski definition) is 1. The maximum Gasteiger partial charge on any atom is 0.150 e. The highest BCUT2D eigenvalue weighted by Gasteiger charge is 2.07. The molecule has 0 heterocycles. The van der Waals surface area contributed by atoms with Crippen molar-refractivity contribution >= 4 is 33.2 Å². The molecule has 1 aromatic carbocycles. The van der Waals surface area contributed by atoms with E-state index < -0.39 is 11.6 Å². The first kappa shape index (κ1) is 11.5. The van der Waals surface area contributed by atoms with Crippen LogP contribution < -0.4 is 5.32 Å². The molecule has 0 spiro atoms. The molecule has 0 radical (unpaired) electrons. The van der Waals surface area contributed by atoms with Gasteiger partial charge in [0.1, 0.15) is 11.6 Å². The molecular formula is C9H7BrClF2N. The van der Waals surface area contributed by atoms with Crippen molar-refractivity contribution in [3.8, 4) is 0 Å². The van der Waals surface area contributed by atoms with E-state index in [0.717, 1.165) is 6.07 Å². The highest BCUT2D eigenvalue weighted by atomic mass is 79.9. The first-order chi connectivity index (χ1) is 6.65. The fraction of sp³-hybridized carbons (Fsp3) is 0.111. The molecule has 0 saturated heterocycles. The minimum absolute atomic E-state index is 0.223. The zero-order chi connectivity index (χ0) is 10.6. The minimum atomic E-state index is -0.639. The van der Waals surface area contributed by atoms with Gasteiger partial charge in [-0.05, 0) is 22.0 Å². The molecule has 1 nitrogen and oxygen atoms in total. The molecule has 0 unspecified atom stereocenters. The Kier molecular flexibility index (Phi) is 4.35. The van der Waals surface area contributed by atoms with Crippen LogP contribution in [0.2, 0.25) is 0 Å². The Balaban J connectivity index is 2.85. The molecular weight excluding hydrogens is 275 g/mol. The molecule has 0 atom stereocenters. The molecule has 0 aliphatic rings. The second-order valence-corrected chi connectivity index (χ2v) is 3.59. The van der Waals surface area contributed by atoms with Gasteiger partial charge in [0.25, 0.3) is 0 Å². The topological polar surface area (TPSA) is 12.0 Å². The van der Waals surface area contributed by atoms with Crippen LogP contribution in [-0.4, -0.2) is 6.54 Å². The lowest BCUT2D eigenvalue weighted by Crippen LogP contribution is -2.01. The number of halogens is 4. The number of hydrogen-bond acceptors (Lipinski definition) is 1. The Morgan fingerprint density at radius 1 is 1.43 bits per heavy atom. The molecule has 0 aromatic heterocycles. The molecule has 0 bridgehead atoms. The van der Waals surface area contributed by atoms with Gasteiger partial charge in [0.15, 0.2) is 0 Å². The van der Waals surface area contributed by atoms with Crippen LogP contribution in [-0.2, 0) is 0 Å². The van der Waals surface area contributed by atoms with Crippen molar-refractivity contribution in [1.29, 1.82) is 0 Å². The average Bonchev–Trinajstić information content (AvgIpc) is 2.09. The maximum absolute atomic E-state index is 13.1. The summed E-state index contributed by atoms with van der Waals surface area (Å²) in [5.41, 5.74) is 1.55. The Labute approximate surface area is 93.9 Å². The molecule has 0 saturated carbocycles. The van der Waals surface area contributed by atoms with E-state index in [-0.39, 0.29) is 5.69 Å². The Morgan fingerprint density at radius 3 is 2.71 bits per heavy atom. The molecule has 1 rings (SSSR count). The summed E-state index contributed by atoms with van der Waals surface area (Å²) in [7, 11) is 0.